The minimum Gasteiger partial charge on any atom is -0.481 e. The second kappa shape index (κ2) is 6.90. The van der Waals surface area contributed by atoms with Crippen molar-refractivity contribution in [2.75, 3.05) is 0 Å². The van der Waals surface area contributed by atoms with E-state index < -0.39 is 18.0 Å². The van der Waals surface area contributed by atoms with Crippen molar-refractivity contribution in [1.29, 1.82) is 0 Å². The van der Waals surface area contributed by atoms with Gasteiger partial charge in [0.05, 0.1) is 12.0 Å². The summed E-state index contributed by atoms with van der Waals surface area (Å²) in [6.07, 6.45) is 0.142. The number of carbonyl (C=O) groups is 1. The standard InChI is InChI=1S/C14H19BrO3/c1-9(2)13(16)8-11(14(17)18)7-10-5-3-4-6-12(10)15/h3-6,9,11,13,16H,7-8H2,1-2H3,(H,17,18). The summed E-state index contributed by atoms with van der Waals surface area (Å²) in [6.45, 7) is 3.78. The lowest BCUT2D eigenvalue weighted by Gasteiger charge is -2.20. The maximum absolute atomic E-state index is 11.2. The Hall–Kier alpha value is -0.870. The van der Waals surface area contributed by atoms with Gasteiger partial charge in [0.25, 0.3) is 0 Å². The van der Waals surface area contributed by atoms with E-state index in [1.807, 2.05) is 38.1 Å². The fraction of sp³-hybridized carbons (Fsp3) is 0.500. The summed E-state index contributed by atoms with van der Waals surface area (Å²) in [7, 11) is 0. The van der Waals surface area contributed by atoms with Crippen LogP contribution in [0.5, 0.6) is 0 Å². The van der Waals surface area contributed by atoms with Crippen LogP contribution < -0.4 is 0 Å². The number of carboxylic acids is 1. The van der Waals surface area contributed by atoms with Gasteiger partial charge in [-0.25, -0.2) is 0 Å². The Bertz CT molecular complexity index is 404. The summed E-state index contributed by atoms with van der Waals surface area (Å²) in [5.74, 6) is -1.34. The Morgan fingerprint density at radius 1 is 1.33 bits per heavy atom. The van der Waals surface area contributed by atoms with E-state index in [0.29, 0.717) is 6.42 Å². The maximum atomic E-state index is 11.2. The van der Waals surface area contributed by atoms with Crippen LogP contribution in [0.4, 0.5) is 0 Å². The Kier molecular flexibility index (Phi) is 5.82. The predicted molar refractivity (Wildman–Crippen MR) is 74.4 cm³/mol. The molecule has 0 radical (unpaired) electrons. The average molecular weight is 315 g/mol. The minimum absolute atomic E-state index is 0.0751. The molecule has 0 spiro atoms. The summed E-state index contributed by atoms with van der Waals surface area (Å²) >= 11 is 3.41. The van der Waals surface area contributed by atoms with E-state index in [1.54, 1.807) is 0 Å². The molecule has 0 aliphatic heterocycles. The fourth-order valence-electron chi connectivity index (χ4n) is 1.76. The van der Waals surface area contributed by atoms with Gasteiger partial charge in [-0.05, 0) is 30.4 Å². The Labute approximate surface area is 116 Å². The lowest BCUT2D eigenvalue weighted by atomic mass is 9.90. The Morgan fingerprint density at radius 3 is 2.44 bits per heavy atom. The summed E-state index contributed by atoms with van der Waals surface area (Å²) in [6, 6.07) is 7.58. The van der Waals surface area contributed by atoms with Crippen molar-refractivity contribution in [3.05, 3.63) is 34.3 Å². The quantitative estimate of drug-likeness (QED) is 0.848. The maximum Gasteiger partial charge on any atom is 0.306 e. The van der Waals surface area contributed by atoms with Crippen LogP contribution in [0, 0.1) is 11.8 Å². The molecule has 2 atom stereocenters. The molecule has 2 unspecified atom stereocenters. The van der Waals surface area contributed by atoms with E-state index in [-0.39, 0.29) is 12.3 Å². The number of benzene rings is 1. The van der Waals surface area contributed by atoms with Crippen LogP contribution in [0.2, 0.25) is 0 Å². The molecule has 1 rings (SSSR count). The highest BCUT2D eigenvalue weighted by atomic mass is 79.9. The molecule has 18 heavy (non-hydrogen) atoms. The molecule has 3 nitrogen and oxygen atoms in total. The summed E-state index contributed by atoms with van der Waals surface area (Å²) in [4.78, 5) is 11.2. The van der Waals surface area contributed by atoms with Gasteiger partial charge in [0.2, 0.25) is 0 Å². The SMILES string of the molecule is CC(C)C(O)CC(Cc1ccccc1Br)C(=O)O. The lowest BCUT2D eigenvalue weighted by Crippen LogP contribution is -2.26. The van der Waals surface area contributed by atoms with Gasteiger partial charge in [-0.15, -0.1) is 0 Å². The van der Waals surface area contributed by atoms with Crippen LogP contribution in [0.25, 0.3) is 0 Å². The number of carboxylic acid groups (broad SMARTS) is 1. The summed E-state index contributed by atoms with van der Waals surface area (Å²) < 4.78 is 0.912. The van der Waals surface area contributed by atoms with E-state index in [2.05, 4.69) is 15.9 Å². The van der Waals surface area contributed by atoms with E-state index in [4.69, 9.17) is 0 Å². The van der Waals surface area contributed by atoms with Gasteiger partial charge in [0.15, 0.2) is 0 Å². The first-order valence-electron chi connectivity index (χ1n) is 6.06. The first-order chi connectivity index (χ1) is 8.41. The number of aliphatic carboxylic acids is 1. The zero-order valence-electron chi connectivity index (χ0n) is 10.6. The molecular formula is C14H19BrO3. The van der Waals surface area contributed by atoms with Crippen LogP contribution in [0.1, 0.15) is 25.8 Å². The monoisotopic (exact) mass is 314 g/mol. The number of hydrogen-bond donors (Lipinski definition) is 2. The van der Waals surface area contributed by atoms with E-state index >= 15 is 0 Å². The van der Waals surface area contributed by atoms with E-state index in [1.165, 1.54) is 0 Å². The molecule has 0 bridgehead atoms. The molecule has 1 aromatic rings. The number of rotatable bonds is 6. The molecule has 0 aliphatic rings. The topological polar surface area (TPSA) is 57.5 Å². The number of halogens is 1. The molecule has 4 heteroatoms. The van der Waals surface area contributed by atoms with Crippen LogP contribution in [0.15, 0.2) is 28.7 Å². The van der Waals surface area contributed by atoms with Gasteiger partial charge in [0, 0.05) is 4.47 Å². The molecule has 0 aromatic heterocycles. The molecule has 1 aromatic carbocycles. The molecule has 0 fully saturated rings. The van der Waals surface area contributed by atoms with Crippen molar-refractivity contribution in [2.24, 2.45) is 11.8 Å². The average Bonchev–Trinajstić information content (AvgIpc) is 2.30. The minimum atomic E-state index is -0.856. The second-order valence-corrected chi connectivity index (χ2v) is 5.73. The van der Waals surface area contributed by atoms with Gasteiger partial charge in [0.1, 0.15) is 0 Å². The molecule has 0 saturated heterocycles. The van der Waals surface area contributed by atoms with Gasteiger partial charge in [-0.3, -0.25) is 4.79 Å². The fourth-order valence-corrected chi connectivity index (χ4v) is 2.21. The van der Waals surface area contributed by atoms with Crippen molar-refractivity contribution in [3.8, 4) is 0 Å². The summed E-state index contributed by atoms with van der Waals surface area (Å²) in [5.41, 5.74) is 0.959. The highest BCUT2D eigenvalue weighted by Crippen LogP contribution is 2.23. The molecule has 0 amide bonds. The first kappa shape index (κ1) is 15.2. The summed E-state index contributed by atoms with van der Waals surface area (Å²) in [5, 5.41) is 19.0. The molecular weight excluding hydrogens is 296 g/mol. The normalized spacial score (nSPS) is 14.5. The largest absolute Gasteiger partial charge is 0.481 e. The van der Waals surface area contributed by atoms with Gasteiger partial charge >= 0.3 is 5.97 Å². The predicted octanol–water partition coefficient (Wildman–Crippen LogP) is 3.10. The molecule has 2 N–H and O–H groups in total. The smallest absolute Gasteiger partial charge is 0.306 e. The highest BCUT2D eigenvalue weighted by molar-refractivity contribution is 9.10. The first-order valence-corrected chi connectivity index (χ1v) is 6.85. The second-order valence-electron chi connectivity index (χ2n) is 4.88. The van der Waals surface area contributed by atoms with Crippen molar-refractivity contribution in [2.45, 2.75) is 32.8 Å². The zero-order chi connectivity index (χ0) is 13.7. The van der Waals surface area contributed by atoms with Crippen LogP contribution in [0.3, 0.4) is 0 Å². The third kappa shape index (κ3) is 4.42. The third-order valence-electron chi connectivity index (χ3n) is 3.07. The van der Waals surface area contributed by atoms with Gasteiger partial charge in [-0.1, -0.05) is 48.0 Å². The van der Waals surface area contributed by atoms with Crippen LogP contribution >= 0.6 is 15.9 Å². The van der Waals surface area contributed by atoms with Crippen molar-refractivity contribution >= 4 is 21.9 Å². The van der Waals surface area contributed by atoms with Crippen molar-refractivity contribution < 1.29 is 15.0 Å². The molecule has 0 heterocycles. The lowest BCUT2D eigenvalue weighted by molar-refractivity contribution is -0.143. The van der Waals surface area contributed by atoms with Crippen molar-refractivity contribution in [3.63, 3.8) is 0 Å². The highest BCUT2D eigenvalue weighted by Gasteiger charge is 2.24. The Morgan fingerprint density at radius 2 is 1.94 bits per heavy atom. The van der Waals surface area contributed by atoms with Crippen LogP contribution in [-0.2, 0) is 11.2 Å². The van der Waals surface area contributed by atoms with E-state index in [9.17, 15) is 15.0 Å². The number of hydrogen-bond acceptors (Lipinski definition) is 2. The van der Waals surface area contributed by atoms with E-state index in [0.717, 1.165) is 10.0 Å². The molecule has 100 valence electrons. The molecule has 0 aliphatic carbocycles. The number of aliphatic hydroxyl groups is 1. The third-order valence-corrected chi connectivity index (χ3v) is 3.84. The Balaban J connectivity index is 2.75. The van der Waals surface area contributed by atoms with Gasteiger partial charge in [-0.2, -0.15) is 0 Å². The van der Waals surface area contributed by atoms with Crippen molar-refractivity contribution in [1.82, 2.24) is 0 Å². The zero-order valence-corrected chi connectivity index (χ0v) is 12.2. The van der Waals surface area contributed by atoms with Crippen LogP contribution in [-0.4, -0.2) is 22.3 Å². The molecule has 0 saturated carbocycles. The number of aliphatic hydroxyl groups excluding tert-OH is 1. The van der Waals surface area contributed by atoms with Gasteiger partial charge < -0.3 is 10.2 Å².